The molecule has 0 saturated heterocycles. The van der Waals surface area contributed by atoms with Crippen molar-refractivity contribution in [1.29, 1.82) is 0 Å². The fraction of sp³-hybridized carbons (Fsp3) is 0.195. The normalized spacial score (nSPS) is 13.4. The van der Waals surface area contributed by atoms with E-state index in [4.69, 9.17) is 0 Å². The van der Waals surface area contributed by atoms with Crippen LogP contribution in [0, 0.1) is 5.41 Å². The molecule has 0 nitrogen and oxygen atoms in total. The van der Waals surface area contributed by atoms with Crippen molar-refractivity contribution in [3.63, 3.8) is 0 Å². The molecule has 0 N–H and O–H groups in total. The van der Waals surface area contributed by atoms with E-state index in [9.17, 15) is 26.3 Å². The standard InChI is InChI=1S/C17H13.C15H8F6.C9H13.2ClH.Zr/c1-3-12-5-7-14-11-15-8-6-13(4-2)10-17(15)16(14)9-12;16-14(17,18)12-5-1-10(2-6-12)9-11-3-7-13(8-4-11)15(19,20)21;1-9(2,3)8-6-4-5-7-8;;;/h3-7,9-10H,1-2,11H2;1-8H;6-7H,4H2,1-3H3;2*1H;/q;;;;;+2/p-2. The molecule has 0 radical (unpaired) electrons. The molecule has 9 heteroatoms. The number of fused-ring (bicyclic) bond motifs is 3. The van der Waals surface area contributed by atoms with E-state index < -0.39 is 44.7 Å². The van der Waals surface area contributed by atoms with Crippen molar-refractivity contribution in [3.05, 3.63) is 158 Å². The Bertz CT molecular complexity index is 1980. The van der Waals surface area contributed by atoms with Gasteiger partial charge < -0.3 is 24.8 Å². The Morgan fingerprint density at radius 1 is 0.680 bits per heavy atom. The quantitative estimate of drug-likeness (QED) is 0.203. The predicted molar refractivity (Wildman–Crippen MR) is 181 cm³/mol. The molecule has 0 atom stereocenters. The Morgan fingerprint density at radius 3 is 1.66 bits per heavy atom. The summed E-state index contributed by atoms with van der Waals surface area (Å²) < 4.78 is 85.4. The molecular formula is C41H34Cl2F6Zr. The van der Waals surface area contributed by atoms with Crippen LogP contribution < -0.4 is 28.1 Å². The first-order chi connectivity index (χ1) is 22.6. The third kappa shape index (κ3) is 7.81. The predicted octanol–water partition coefficient (Wildman–Crippen LogP) is 5.36. The number of benzene rings is 4. The average molecular weight is 803 g/mol. The summed E-state index contributed by atoms with van der Waals surface area (Å²) in [4.78, 5) is 0. The summed E-state index contributed by atoms with van der Waals surface area (Å²) in [6, 6.07) is 20.7. The largest absolute Gasteiger partial charge is 1.00 e. The minimum Gasteiger partial charge on any atom is -1.00 e. The molecular weight excluding hydrogens is 769 g/mol. The molecule has 2 aliphatic carbocycles. The van der Waals surface area contributed by atoms with E-state index in [0.29, 0.717) is 24.0 Å². The van der Waals surface area contributed by atoms with Gasteiger partial charge in [0.15, 0.2) is 0 Å². The van der Waals surface area contributed by atoms with Crippen molar-refractivity contribution < 1.29 is 72.4 Å². The summed E-state index contributed by atoms with van der Waals surface area (Å²) in [5, 5.41) is 0. The second kappa shape index (κ2) is 14.8. The smallest absolute Gasteiger partial charge is 1.00 e. The number of alkyl halides is 6. The van der Waals surface area contributed by atoms with Gasteiger partial charge in [-0.1, -0.05) is 0 Å². The summed E-state index contributed by atoms with van der Waals surface area (Å²) in [6.07, 6.45) is 0.377. The molecule has 0 aliphatic heterocycles. The summed E-state index contributed by atoms with van der Waals surface area (Å²) in [5.74, 6) is 0. The van der Waals surface area contributed by atoms with Crippen molar-refractivity contribution >= 4 is 18.6 Å². The second-order valence-electron chi connectivity index (χ2n) is 13.3. The van der Waals surface area contributed by atoms with Crippen LogP contribution in [-0.2, 0) is 40.0 Å². The van der Waals surface area contributed by atoms with Crippen LogP contribution in [0.15, 0.2) is 113 Å². The van der Waals surface area contributed by atoms with Crippen molar-refractivity contribution in [2.75, 3.05) is 0 Å². The zero-order chi connectivity index (χ0) is 34.6. The molecule has 2 aliphatic rings. The molecule has 50 heavy (non-hydrogen) atoms. The van der Waals surface area contributed by atoms with E-state index in [2.05, 4.69) is 70.3 Å². The molecule has 0 fully saturated rings. The Labute approximate surface area is 309 Å². The topological polar surface area (TPSA) is 0 Å². The number of hydrogen-bond acceptors (Lipinski definition) is 0. The van der Waals surface area contributed by atoms with Crippen molar-refractivity contribution in [2.24, 2.45) is 5.41 Å². The maximum Gasteiger partial charge on any atom is -1.00 e. The maximum atomic E-state index is 13.7. The van der Waals surface area contributed by atoms with Crippen LogP contribution in [0.25, 0.3) is 23.3 Å². The van der Waals surface area contributed by atoms with E-state index in [1.54, 1.807) is 6.08 Å². The number of hydrogen-bond donors (Lipinski definition) is 0. The monoisotopic (exact) mass is 800 g/mol. The van der Waals surface area contributed by atoms with Crippen LogP contribution in [0.3, 0.4) is 0 Å². The Hall–Kier alpha value is -3.25. The number of halogens is 8. The minimum atomic E-state index is -4.52. The molecule has 258 valence electrons. The summed E-state index contributed by atoms with van der Waals surface area (Å²) in [5.41, 5.74) is 7.08. The number of allylic oxidation sites excluding steroid dienone is 4. The van der Waals surface area contributed by atoms with Gasteiger partial charge in [-0.2, -0.15) is 0 Å². The van der Waals surface area contributed by atoms with Gasteiger partial charge >= 0.3 is 286 Å². The van der Waals surface area contributed by atoms with Gasteiger partial charge in [-0.05, 0) is 0 Å². The van der Waals surface area contributed by atoms with Gasteiger partial charge in [0.1, 0.15) is 0 Å². The van der Waals surface area contributed by atoms with Crippen molar-refractivity contribution in [1.82, 2.24) is 0 Å². The van der Waals surface area contributed by atoms with E-state index in [1.807, 2.05) is 12.1 Å². The van der Waals surface area contributed by atoms with Gasteiger partial charge in [0.2, 0.25) is 0 Å². The van der Waals surface area contributed by atoms with Crippen LogP contribution >= 0.6 is 0 Å². The SMILES string of the molecule is C=Cc1ccc2c(c1)-c1cc(C=C)c[c]([Zr+2]([C]3=CC(C(C)(C)C)=CC3)=[C](c3ccc(C(F)(F)F)cc3)c3ccc(C(F)(F)F)cc3)c1C2.[Cl-].[Cl-]. The number of rotatable bonds is 6. The van der Waals surface area contributed by atoms with E-state index in [-0.39, 0.29) is 30.2 Å². The van der Waals surface area contributed by atoms with Crippen molar-refractivity contribution in [3.8, 4) is 11.1 Å². The molecule has 0 spiro atoms. The van der Waals surface area contributed by atoms with E-state index in [0.717, 1.165) is 58.6 Å². The summed E-state index contributed by atoms with van der Waals surface area (Å²) in [7, 11) is 0. The summed E-state index contributed by atoms with van der Waals surface area (Å²) in [6.45, 7) is 14.4. The Kier molecular flexibility index (Phi) is 11.7. The van der Waals surface area contributed by atoms with Gasteiger partial charge in [0.05, 0.1) is 0 Å². The zero-order valence-electron chi connectivity index (χ0n) is 27.7. The molecule has 0 bridgehead atoms. The van der Waals surface area contributed by atoms with Crippen LogP contribution in [0.2, 0.25) is 0 Å². The molecule has 0 amide bonds. The van der Waals surface area contributed by atoms with E-state index >= 15 is 0 Å². The molecule has 4 aromatic rings. The fourth-order valence-corrected chi connectivity index (χ4v) is 14.7. The first-order valence-electron chi connectivity index (χ1n) is 15.6. The van der Waals surface area contributed by atoms with Crippen molar-refractivity contribution in [2.45, 2.75) is 46.0 Å². The Balaban J connectivity index is 0.00000281. The van der Waals surface area contributed by atoms with Crippen LogP contribution in [0.4, 0.5) is 26.3 Å². The van der Waals surface area contributed by atoms with Gasteiger partial charge in [-0.15, -0.1) is 0 Å². The molecule has 6 rings (SSSR count). The van der Waals surface area contributed by atoms with Gasteiger partial charge in [0, 0.05) is 0 Å². The minimum absolute atomic E-state index is 0. The van der Waals surface area contributed by atoms with Crippen LogP contribution in [0.5, 0.6) is 0 Å². The average Bonchev–Trinajstić information content (AvgIpc) is 3.68. The van der Waals surface area contributed by atoms with Crippen LogP contribution in [-0.4, -0.2) is 3.21 Å². The summed E-state index contributed by atoms with van der Waals surface area (Å²) >= 11 is -3.45. The first-order valence-corrected chi connectivity index (χ1v) is 19.3. The molecule has 0 unspecified atom stereocenters. The Morgan fingerprint density at radius 2 is 1.20 bits per heavy atom. The molecule has 4 aromatic carbocycles. The first kappa shape index (κ1) is 39.5. The molecule has 0 heterocycles. The van der Waals surface area contributed by atoms with E-state index in [1.165, 1.54) is 38.7 Å². The third-order valence-corrected chi connectivity index (χ3v) is 16.6. The fourth-order valence-electron chi connectivity index (χ4n) is 6.58. The van der Waals surface area contributed by atoms with Gasteiger partial charge in [0.25, 0.3) is 0 Å². The molecule has 0 saturated carbocycles. The van der Waals surface area contributed by atoms with Gasteiger partial charge in [-0.3, -0.25) is 0 Å². The zero-order valence-corrected chi connectivity index (χ0v) is 31.6. The maximum absolute atomic E-state index is 13.7. The third-order valence-electron chi connectivity index (χ3n) is 9.11. The second-order valence-corrected chi connectivity index (χ2v) is 19.3. The van der Waals surface area contributed by atoms with Crippen LogP contribution in [0.1, 0.15) is 71.7 Å². The molecule has 0 aromatic heterocycles. The van der Waals surface area contributed by atoms with Gasteiger partial charge in [-0.25, -0.2) is 0 Å².